The average Bonchev–Trinajstić information content (AvgIpc) is 3.06. The maximum absolute atomic E-state index is 6.03. The van der Waals surface area contributed by atoms with Crippen LogP contribution in [0.5, 0.6) is 0 Å². The van der Waals surface area contributed by atoms with Crippen molar-refractivity contribution in [3.05, 3.63) is 17.5 Å². The fourth-order valence-electron chi connectivity index (χ4n) is 3.13. The Hall–Kier alpha value is -1.66. The number of ether oxygens (including phenoxy) is 1. The predicted octanol–water partition coefficient (Wildman–Crippen LogP) is 3.09. The SMILES string of the molecule is CC.CCc1nc2c(cnn2CC)c(NC2CCOCC2)c1CN. The number of rotatable bonds is 5. The molecular formula is C18H31N5O. The first-order chi connectivity index (χ1) is 11.8. The van der Waals surface area contributed by atoms with Gasteiger partial charge in [0.15, 0.2) is 5.65 Å². The summed E-state index contributed by atoms with van der Waals surface area (Å²) < 4.78 is 7.40. The molecule has 6 heteroatoms. The van der Waals surface area contributed by atoms with Gasteiger partial charge in [-0.1, -0.05) is 20.8 Å². The highest BCUT2D eigenvalue weighted by atomic mass is 16.5. The predicted molar refractivity (Wildman–Crippen MR) is 99.3 cm³/mol. The first-order valence-electron chi connectivity index (χ1n) is 9.20. The molecule has 1 fully saturated rings. The van der Waals surface area contributed by atoms with E-state index in [0.717, 1.165) is 67.0 Å². The van der Waals surface area contributed by atoms with Crippen LogP contribution in [0.15, 0.2) is 6.20 Å². The fourth-order valence-corrected chi connectivity index (χ4v) is 3.13. The molecule has 0 unspecified atom stereocenters. The number of hydrogen-bond donors (Lipinski definition) is 2. The lowest BCUT2D eigenvalue weighted by Crippen LogP contribution is -2.29. The molecule has 0 saturated carbocycles. The van der Waals surface area contributed by atoms with Crippen molar-refractivity contribution < 1.29 is 4.74 Å². The van der Waals surface area contributed by atoms with Crippen LogP contribution in [0.2, 0.25) is 0 Å². The van der Waals surface area contributed by atoms with Crippen LogP contribution >= 0.6 is 0 Å². The van der Waals surface area contributed by atoms with Crippen molar-refractivity contribution in [1.29, 1.82) is 0 Å². The molecule has 3 N–H and O–H groups in total. The zero-order chi connectivity index (χ0) is 17.5. The second kappa shape index (κ2) is 8.99. The molecule has 0 atom stereocenters. The molecule has 3 rings (SSSR count). The second-order valence-corrected chi connectivity index (χ2v) is 5.70. The normalized spacial score (nSPS) is 15.2. The lowest BCUT2D eigenvalue weighted by atomic mass is 10.0. The molecule has 0 spiro atoms. The highest BCUT2D eigenvalue weighted by Crippen LogP contribution is 2.30. The zero-order valence-corrected chi connectivity index (χ0v) is 15.4. The Balaban J connectivity index is 0.00000100. The summed E-state index contributed by atoms with van der Waals surface area (Å²) in [6, 6.07) is 0.430. The summed E-state index contributed by atoms with van der Waals surface area (Å²) in [7, 11) is 0. The Bertz CT molecular complexity index is 646. The molecule has 1 saturated heterocycles. The minimum absolute atomic E-state index is 0.430. The lowest BCUT2D eigenvalue weighted by Gasteiger charge is -2.26. The number of anilines is 1. The van der Waals surface area contributed by atoms with E-state index in [4.69, 9.17) is 15.5 Å². The first kappa shape index (κ1) is 18.7. The quantitative estimate of drug-likeness (QED) is 0.879. The molecule has 0 aliphatic carbocycles. The standard InChI is InChI=1S/C16H25N5O.C2H6/c1-3-14-12(9-17)15(19-11-5-7-22-8-6-11)13-10-18-21(4-2)16(13)20-14;1-2/h10-11H,3-9,17H2,1-2H3,(H,19,20);1-2H3. The minimum Gasteiger partial charge on any atom is -0.381 e. The van der Waals surface area contributed by atoms with Gasteiger partial charge in [-0.05, 0) is 26.2 Å². The van der Waals surface area contributed by atoms with Crippen molar-refractivity contribution in [3.63, 3.8) is 0 Å². The van der Waals surface area contributed by atoms with Crippen molar-refractivity contribution in [2.24, 2.45) is 5.73 Å². The summed E-state index contributed by atoms with van der Waals surface area (Å²) in [5.41, 5.74) is 10.3. The smallest absolute Gasteiger partial charge is 0.160 e. The summed E-state index contributed by atoms with van der Waals surface area (Å²) in [5, 5.41) is 9.24. The van der Waals surface area contributed by atoms with E-state index in [1.165, 1.54) is 0 Å². The molecular weight excluding hydrogens is 302 g/mol. The van der Waals surface area contributed by atoms with Crippen molar-refractivity contribution in [2.75, 3.05) is 18.5 Å². The van der Waals surface area contributed by atoms with Gasteiger partial charge in [-0.15, -0.1) is 0 Å². The van der Waals surface area contributed by atoms with Crippen molar-refractivity contribution >= 4 is 16.7 Å². The average molecular weight is 333 g/mol. The van der Waals surface area contributed by atoms with Crippen LogP contribution in [0.1, 0.15) is 51.8 Å². The highest BCUT2D eigenvalue weighted by molar-refractivity contribution is 5.91. The Morgan fingerprint density at radius 1 is 1.29 bits per heavy atom. The van der Waals surface area contributed by atoms with Crippen molar-refractivity contribution in [3.8, 4) is 0 Å². The number of fused-ring (bicyclic) bond motifs is 1. The largest absolute Gasteiger partial charge is 0.381 e. The van der Waals surface area contributed by atoms with Gasteiger partial charge in [0.2, 0.25) is 0 Å². The summed E-state index contributed by atoms with van der Waals surface area (Å²) in [5.74, 6) is 0. The van der Waals surface area contributed by atoms with E-state index in [2.05, 4.69) is 24.3 Å². The van der Waals surface area contributed by atoms with Gasteiger partial charge in [-0.3, -0.25) is 0 Å². The Morgan fingerprint density at radius 3 is 2.58 bits per heavy atom. The van der Waals surface area contributed by atoms with Gasteiger partial charge < -0.3 is 15.8 Å². The van der Waals surface area contributed by atoms with Gasteiger partial charge >= 0.3 is 0 Å². The number of aromatic nitrogens is 3. The van der Waals surface area contributed by atoms with Crippen LogP contribution in [0.25, 0.3) is 11.0 Å². The minimum atomic E-state index is 0.430. The van der Waals surface area contributed by atoms with Gasteiger partial charge in [0, 0.05) is 43.6 Å². The number of nitrogens with two attached hydrogens (primary N) is 1. The first-order valence-corrected chi connectivity index (χ1v) is 9.20. The molecule has 1 aliphatic rings. The number of hydrogen-bond acceptors (Lipinski definition) is 5. The van der Waals surface area contributed by atoms with E-state index < -0.39 is 0 Å². The third kappa shape index (κ3) is 3.70. The molecule has 0 aromatic carbocycles. The molecule has 24 heavy (non-hydrogen) atoms. The van der Waals surface area contributed by atoms with Gasteiger partial charge in [-0.25, -0.2) is 9.67 Å². The monoisotopic (exact) mass is 333 g/mol. The molecule has 0 radical (unpaired) electrons. The van der Waals surface area contributed by atoms with E-state index in [9.17, 15) is 0 Å². The number of nitrogens with zero attached hydrogens (tertiary/aromatic N) is 3. The molecule has 0 amide bonds. The molecule has 2 aromatic heterocycles. The number of pyridine rings is 1. The lowest BCUT2D eigenvalue weighted by molar-refractivity contribution is 0.0904. The Morgan fingerprint density at radius 2 is 2.00 bits per heavy atom. The zero-order valence-electron chi connectivity index (χ0n) is 15.4. The van der Waals surface area contributed by atoms with E-state index in [1.54, 1.807) is 0 Å². The maximum Gasteiger partial charge on any atom is 0.160 e. The van der Waals surface area contributed by atoms with Gasteiger partial charge in [0.25, 0.3) is 0 Å². The number of nitrogens with one attached hydrogen (secondary N) is 1. The van der Waals surface area contributed by atoms with Crippen LogP contribution in [0.4, 0.5) is 5.69 Å². The number of aryl methyl sites for hydroxylation is 2. The third-order valence-corrected chi connectivity index (χ3v) is 4.38. The van der Waals surface area contributed by atoms with Gasteiger partial charge in [0.1, 0.15) is 0 Å². The molecule has 134 valence electrons. The molecule has 2 aromatic rings. The highest BCUT2D eigenvalue weighted by Gasteiger charge is 2.20. The summed E-state index contributed by atoms with van der Waals surface area (Å²) in [6.07, 6.45) is 4.83. The van der Waals surface area contributed by atoms with Crippen molar-refractivity contribution in [2.45, 2.75) is 66.1 Å². The molecule has 0 bridgehead atoms. The van der Waals surface area contributed by atoms with Crippen LogP contribution in [0, 0.1) is 0 Å². The van der Waals surface area contributed by atoms with Crippen LogP contribution < -0.4 is 11.1 Å². The van der Waals surface area contributed by atoms with E-state index in [0.29, 0.717) is 12.6 Å². The maximum atomic E-state index is 6.03. The summed E-state index contributed by atoms with van der Waals surface area (Å²) in [4.78, 5) is 4.80. The van der Waals surface area contributed by atoms with E-state index >= 15 is 0 Å². The van der Waals surface area contributed by atoms with Gasteiger partial charge in [-0.2, -0.15) is 5.10 Å². The Labute approximate surface area is 144 Å². The van der Waals surface area contributed by atoms with Crippen LogP contribution in [0.3, 0.4) is 0 Å². The van der Waals surface area contributed by atoms with E-state index in [1.807, 2.05) is 24.7 Å². The van der Waals surface area contributed by atoms with Gasteiger partial charge in [0.05, 0.1) is 17.3 Å². The topological polar surface area (TPSA) is 78.0 Å². The van der Waals surface area contributed by atoms with Crippen molar-refractivity contribution in [1.82, 2.24) is 14.8 Å². The Kier molecular flexibility index (Phi) is 6.99. The van der Waals surface area contributed by atoms with Crippen LogP contribution in [-0.4, -0.2) is 34.0 Å². The van der Waals surface area contributed by atoms with E-state index in [-0.39, 0.29) is 0 Å². The van der Waals surface area contributed by atoms with Crippen LogP contribution in [-0.2, 0) is 24.2 Å². The molecule has 3 heterocycles. The third-order valence-electron chi connectivity index (χ3n) is 4.38. The summed E-state index contributed by atoms with van der Waals surface area (Å²) in [6.45, 7) is 11.2. The molecule has 6 nitrogen and oxygen atoms in total. The fraction of sp³-hybridized carbons (Fsp3) is 0.667. The second-order valence-electron chi connectivity index (χ2n) is 5.70. The molecule has 1 aliphatic heterocycles. The summed E-state index contributed by atoms with van der Waals surface area (Å²) >= 11 is 0.